The van der Waals surface area contributed by atoms with E-state index in [0.717, 1.165) is 22.7 Å². The predicted octanol–water partition coefficient (Wildman–Crippen LogP) is 5.26. The maximum atomic E-state index is 9.41. The van der Waals surface area contributed by atoms with Crippen LogP contribution < -0.4 is 5.32 Å². The van der Waals surface area contributed by atoms with E-state index >= 15 is 0 Å². The number of hydrogen-bond donors (Lipinski definition) is 2. The molecular weight excluding hydrogens is 281 g/mol. The number of benzene rings is 2. The molecule has 0 bridgehead atoms. The van der Waals surface area contributed by atoms with Crippen LogP contribution in [-0.4, -0.2) is 5.11 Å². The Morgan fingerprint density at radius 3 is 2.37 bits per heavy atom. The van der Waals surface area contributed by atoms with E-state index in [9.17, 15) is 5.11 Å². The Morgan fingerprint density at radius 1 is 1.11 bits per heavy atom. The molecule has 0 saturated heterocycles. The SMILES string of the molecule is CCC(Nc1ccc(O)c(Cl)c1)c1ccc(Cl)cc1. The van der Waals surface area contributed by atoms with Crippen molar-refractivity contribution in [1.29, 1.82) is 0 Å². The highest BCUT2D eigenvalue weighted by molar-refractivity contribution is 6.32. The fraction of sp³-hybridized carbons (Fsp3) is 0.200. The average molecular weight is 296 g/mol. The van der Waals surface area contributed by atoms with Gasteiger partial charge < -0.3 is 10.4 Å². The minimum Gasteiger partial charge on any atom is -0.506 e. The summed E-state index contributed by atoms with van der Waals surface area (Å²) in [6.45, 7) is 2.11. The van der Waals surface area contributed by atoms with Crippen LogP contribution in [0.2, 0.25) is 10.0 Å². The van der Waals surface area contributed by atoms with Gasteiger partial charge in [-0.3, -0.25) is 0 Å². The summed E-state index contributed by atoms with van der Waals surface area (Å²) in [6, 6.07) is 13.1. The fourth-order valence-electron chi connectivity index (χ4n) is 1.91. The predicted molar refractivity (Wildman–Crippen MR) is 81.2 cm³/mol. The van der Waals surface area contributed by atoms with Crippen molar-refractivity contribution in [3.05, 3.63) is 58.1 Å². The quantitative estimate of drug-likeness (QED) is 0.754. The molecular formula is C15H15Cl2NO. The average Bonchev–Trinajstić information content (AvgIpc) is 2.41. The molecule has 1 unspecified atom stereocenters. The molecule has 100 valence electrons. The van der Waals surface area contributed by atoms with Crippen molar-refractivity contribution in [1.82, 2.24) is 0 Å². The van der Waals surface area contributed by atoms with Crippen LogP contribution >= 0.6 is 23.2 Å². The molecule has 4 heteroatoms. The topological polar surface area (TPSA) is 32.3 Å². The zero-order valence-corrected chi connectivity index (χ0v) is 12.0. The maximum Gasteiger partial charge on any atom is 0.134 e. The summed E-state index contributed by atoms with van der Waals surface area (Å²) >= 11 is 11.8. The minimum absolute atomic E-state index is 0.0896. The first-order chi connectivity index (χ1) is 9.10. The minimum atomic E-state index is 0.0896. The van der Waals surface area contributed by atoms with Crippen LogP contribution in [0, 0.1) is 0 Å². The van der Waals surface area contributed by atoms with E-state index in [2.05, 4.69) is 12.2 Å². The number of hydrogen-bond acceptors (Lipinski definition) is 2. The lowest BCUT2D eigenvalue weighted by molar-refractivity contribution is 0.475. The van der Waals surface area contributed by atoms with Gasteiger partial charge in [-0.2, -0.15) is 0 Å². The third-order valence-electron chi connectivity index (χ3n) is 2.97. The number of phenols is 1. The molecule has 19 heavy (non-hydrogen) atoms. The first kappa shape index (κ1) is 14.0. The van der Waals surface area contributed by atoms with Crippen molar-refractivity contribution in [3.8, 4) is 5.75 Å². The second-order valence-electron chi connectivity index (χ2n) is 4.32. The Bertz CT molecular complexity index is 555. The molecule has 0 saturated carbocycles. The van der Waals surface area contributed by atoms with Gasteiger partial charge in [0.25, 0.3) is 0 Å². The summed E-state index contributed by atoms with van der Waals surface area (Å²) in [5, 5.41) is 13.9. The number of anilines is 1. The van der Waals surface area contributed by atoms with Gasteiger partial charge in [-0.15, -0.1) is 0 Å². The van der Waals surface area contributed by atoms with E-state index in [1.54, 1.807) is 18.2 Å². The van der Waals surface area contributed by atoms with Crippen LogP contribution in [0.15, 0.2) is 42.5 Å². The lowest BCUT2D eigenvalue weighted by Crippen LogP contribution is -2.09. The Labute approximate surface area is 123 Å². The zero-order valence-electron chi connectivity index (χ0n) is 10.5. The summed E-state index contributed by atoms with van der Waals surface area (Å²) in [4.78, 5) is 0. The molecule has 2 rings (SSSR count). The largest absolute Gasteiger partial charge is 0.506 e. The van der Waals surface area contributed by atoms with Gasteiger partial charge in [0.2, 0.25) is 0 Å². The standard InChI is InChI=1S/C15H15Cl2NO/c1-2-14(10-3-5-11(16)6-4-10)18-12-7-8-15(19)13(17)9-12/h3-9,14,18-19H,2H2,1H3. The van der Waals surface area contributed by atoms with Crippen molar-refractivity contribution < 1.29 is 5.11 Å². The van der Waals surface area contributed by atoms with Gasteiger partial charge >= 0.3 is 0 Å². The van der Waals surface area contributed by atoms with Crippen molar-refractivity contribution >= 4 is 28.9 Å². The van der Waals surface area contributed by atoms with Crippen LogP contribution in [0.4, 0.5) is 5.69 Å². The van der Waals surface area contributed by atoms with Gasteiger partial charge in [-0.25, -0.2) is 0 Å². The fourth-order valence-corrected chi connectivity index (χ4v) is 2.22. The number of halogens is 2. The Hall–Kier alpha value is -1.38. The summed E-state index contributed by atoms with van der Waals surface area (Å²) in [5.74, 6) is 0.0896. The van der Waals surface area contributed by atoms with E-state index < -0.39 is 0 Å². The van der Waals surface area contributed by atoms with Gasteiger partial charge in [0, 0.05) is 10.7 Å². The third-order valence-corrected chi connectivity index (χ3v) is 3.52. The third kappa shape index (κ3) is 3.55. The lowest BCUT2D eigenvalue weighted by atomic mass is 10.0. The van der Waals surface area contributed by atoms with Crippen LogP contribution in [0.5, 0.6) is 5.75 Å². The molecule has 0 radical (unpaired) electrons. The lowest BCUT2D eigenvalue weighted by Gasteiger charge is -2.19. The van der Waals surface area contributed by atoms with Gasteiger partial charge in [0.15, 0.2) is 0 Å². The zero-order chi connectivity index (χ0) is 13.8. The monoisotopic (exact) mass is 295 g/mol. The van der Waals surface area contributed by atoms with Gasteiger partial charge in [-0.1, -0.05) is 42.3 Å². The number of nitrogens with one attached hydrogen (secondary N) is 1. The molecule has 0 heterocycles. The highest BCUT2D eigenvalue weighted by atomic mass is 35.5. The number of rotatable bonds is 4. The molecule has 0 amide bonds. The summed E-state index contributed by atoms with van der Waals surface area (Å²) < 4.78 is 0. The molecule has 0 aliphatic heterocycles. The van der Waals surface area contributed by atoms with Crippen molar-refractivity contribution in [2.24, 2.45) is 0 Å². The van der Waals surface area contributed by atoms with Crippen LogP contribution in [0.3, 0.4) is 0 Å². The summed E-state index contributed by atoms with van der Waals surface area (Å²) in [7, 11) is 0. The van der Waals surface area contributed by atoms with Crippen LogP contribution in [0.1, 0.15) is 24.9 Å². The first-order valence-corrected chi connectivity index (χ1v) is 6.86. The summed E-state index contributed by atoms with van der Waals surface area (Å²) in [5.41, 5.74) is 2.04. The molecule has 0 aromatic heterocycles. The Morgan fingerprint density at radius 2 is 1.79 bits per heavy atom. The molecule has 0 aliphatic rings. The Kier molecular flexibility index (Phi) is 4.56. The number of aromatic hydroxyl groups is 1. The van der Waals surface area contributed by atoms with E-state index in [1.807, 2.05) is 24.3 Å². The van der Waals surface area contributed by atoms with Gasteiger partial charge in [-0.05, 0) is 42.3 Å². The van der Waals surface area contributed by atoms with E-state index in [1.165, 1.54) is 0 Å². The van der Waals surface area contributed by atoms with Gasteiger partial charge in [0.1, 0.15) is 5.75 Å². The summed E-state index contributed by atoms with van der Waals surface area (Å²) in [6.07, 6.45) is 0.931. The molecule has 1 atom stereocenters. The van der Waals surface area contributed by atoms with E-state index in [0.29, 0.717) is 5.02 Å². The maximum absolute atomic E-state index is 9.41. The highest BCUT2D eigenvalue weighted by Gasteiger charge is 2.10. The second-order valence-corrected chi connectivity index (χ2v) is 5.17. The molecule has 0 aliphatic carbocycles. The Balaban J connectivity index is 2.18. The highest BCUT2D eigenvalue weighted by Crippen LogP contribution is 2.29. The van der Waals surface area contributed by atoms with E-state index in [-0.39, 0.29) is 11.8 Å². The molecule has 2 nitrogen and oxygen atoms in total. The second kappa shape index (κ2) is 6.18. The van der Waals surface area contributed by atoms with Crippen LogP contribution in [-0.2, 0) is 0 Å². The first-order valence-electron chi connectivity index (χ1n) is 6.10. The molecule has 2 N–H and O–H groups in total. The number of phenolic OH excluding ortho intramolecular Hbond substituents is 1. The van der Waals surface area contributed by atoms with Crippen molar-refractivity contribution in [2.45, 2.75) is 19.4 Å². The molecule has 2 aromatic rings. The molecule has 0 fully saturated rings. The van der Waals surface area contributed by atoms with Crippen molar-refractivity contribution in [3.63, 3.8) is 0 Å². The molecule has 2 aromatic carbocycles. The molecule has 0 spiro atoms. The van der Waals surface area contributed by atoms with E-state index in [4.69, 9.17) is 23.2 Å². The van der Waals surface area contributed by atoms with Crippen molar-refractivity contribution in [2.75, 3.05) is 5.32 Å². The normalized spacial score (nSPS) is 12.2. The van der Waals surface area contributed by atoms with Crippen LogP contribution in [0.25, 0.3) is 0 Å². The van der Waals surface area contributed by atoms with Gasteiger partial charge in [0.05, 0.1) is 11.1 Å². The smallest absolute Gasteiger partial charge is 0.134 e.